The molecule has 110 valence electrons. The van der Waals surface area contributed by atoms with Gasteiger partial charge in [-0.1, -0.05) is 6.07 Å². The summed E-state index contributed by atoms with van der Waals surface area (Å²) in [5, 5.41) is 7.39. The van der Waals surface area contributed by atoms with E-state index in [2.05, 4.69) is 10.4 Å². The molecule has 0 saturated heterocycles. The molecule has 0 bridgehead atoms. The van der Waals surface area contributed by atoms with E-state index < -0.39 is 0 Å². The Morgan fingerprint density at radius 1 is 1.38 bits per heavy atom. The molecule has 1 aromatic carbocycles. The van der Waals surface area contributed by atoms with Crippen molar-refractivity contribution in [1.29, 1.82) is 0 Å². The Bertz CT molecular complexity index is 707. The quantitative estimate of drug-likeness (QED) is 0.919. The maximum Gasteiger partial charge on any atom is 0.269 e. The van der Waals surface area contributed by atoms with Crippen molar-refractivity contribution in [2.45, 2.75) is 26.3 Å². The van der Waals surface area contributed by atoms with Crippen molar-refractivity contribution in [1.82, 2.24) is 9.78 Å². The summed E-state index contributed by atoms with van der Waals surface area (Å²) < 4.78 is 14.6. The first-order chi connectivity index (χ1) is 10.1. The predicted molar refractivity (Wildman–Crippen MR) is 79.9 cm³/mol. The smallest absolute Gasteiger partial charge is 0.269 e. The van der Waals surface area contributed by atoms with Crippen molar-refractivity contribution < 1.29 is 4.39 Å². The number of aromatic nitrogens is 2. The van der Waals surface area contributed by atoms with Gasteiger partial charge in [-0.15, -0.1) is 0 Å². The largest absolute Gasteiger partial charge is 0.383 e. The Morgan fingerprint density at radius 2 is 2.19 bits per heavy atom. The number of hydrogen-bond acceptors (Lipinski definition) is 3. The third-order valence-electron chi connectivity index (χ3n) is 3.79. The molecule has 1 fully saturated rings. The zero-order valence-electron chi connectivity index (χ0n) is 12.0. The van der Waals surface area contributed by atoms with Crippen LogP contribution in [0.3, 0.4) is 0 Å². The van der Waals surface area contributed by atoms with Crippen LogP contribution in [0.2, 0.25) is 0 Å². The lowest BCUT2D eigenvalue weighted by atomic mass is 10.1. The van der Waals surface area contributed by atoms with Gasteiger partial charge in [-0.05, 0) is 48.9 Å². The predicted octanol–water partition coefficient (Wildman–Crippen LogP) is 2.56. The Balaban J connectivity index is 1.75. The summed E-state index contributed by atoms with van der Waals surface area (Å²) in [6.45, 7) is 3.07. The van der Waals surface area contributed by atoms with Crippen LogP contribution in [0.15, 0.2) is 35.3 Å². The zero-order chi connectivity index (χ0) is 14.8. The van der Waals surface area contributed by atoms with Crippen LogP contribution in [-0.2, 0) is 6.54 Å². The first-order valence-corrected chi connectivity index (χ1v) is 7.18. The monoisotopic (exact) mass is 287 g/mol. The molecular weight excluding hydrogens is 269 g/mol. The summed E-state index contributed by atoms with van der Waals surface area (Å²) in [5.74, 6) is 0.439. The molecule has 1 saturated carbocycles. The van der Waals surface area contributed by atoms with Gasteiger partial charge in [0.05, 0.1) is 18.4 Å². The summed E-state index contributed by atoms with van der Waals surface area (Å²) in [7, 11) is 0. The van der Waals surface area contributed by atoms with Gasteiger partial charge < -0.3 is 5.32 Å². The first kappa shape index (κ1) is 13.8. The Labute approximate surface area is 122 Å². The molecule has 1 N–H and O–H groups in total. The molecule has 5 heteroatoms. The van der Waals surface area contributed by atoms with Crippen molar-refractivity contribution in [3.8, 4) is 0 Å². The molecule has 1 aliphatic carbocycles. The lowest BCUT2D eigenvalue weighted by Crippen LogP contribution is -2.23. The number of anilines is 1. The summed E-state index contributed by atoms with van der Waals surface area (Å²) in [6, 6.07) is 6.12. The average Bonchev–Trinajstić information content (AvgIpc) is 3.27. The van der Waals surface area contributed by atoms with E-state index in [0.29, 0.717) is 0 Å². The Kier molecular flexibility index (Phi) is 3.73. The summed E-state index contributed by atoms with van der Waals surface area (Å²) in [4.78, 5) is 12.1. The van der Waals surface area contributed by atoms with E-state index in [1.807, 2.05) is 6.92 Å². The lowest BCUT2D eigenvalue weighted by Gasteiger charge is -2.09. The Hall–Kier alpha value is -2.17. The molecule has 0 spiro atoms. The molecule has 2 aromatic rings. The van der Waals surface area contributed by atoms with E-state index in [9.17, 15) is 9.18 Å². The zero-order valence-corrected chi connectivity index (χ0v) is 12.0. The van der Waals surface area contributed by atoms with Gasteiger partial charge in [0.1, 0.15) is 5.82 Å². The molecule has 21 heavy (non-hydrogen) atoms. The van der Waals surface area contributed by atoms with Gasteiger partial charge >= 0.3 is 0 Å². The summed E-state index contributed by atoms with van der Waals surface area (Å²) >= 11 is 0. The van der Waals surface area contributed by atoms with Crippen LogP contribution in [0.25, 0.3) is 0 Å². The normalized spacial score (nSPS) is 14.2. The lowest BCUT2D eigenvalue weighted by molar-refractivity contribution is 0.608. The average molecular weight is 287 g/mol. The van der Waals surface area contributed by atoms with E-state index >= 15 is 0 Å². The van der Waals surface area contributed by atoms with Crippen molar-refractivity contribution in [2.24, 2.45) is 5.92 Å². The molecule has 0 atom stereocenters. The van der Waals surface area contributed by atoms with Crippen molar-refractivity contribution >= 4 is 5.69 Å². The van der Waals surface area contributed by atoms with Crippen molar-refractivity contribution in [3.05, 3.63) is 57.8 Å². The fourth-order valence-electron chi connectivity index (χ4n) is 2.20. The van der Waals surface area contributed by atoms with Gasteiger partial charge in [0.2, 0.25) is 0 Å². The van der Waals surface area contributed by atoms with E-state index in [1.165, 1.54) is 29.7 Å². The minimum absolute atomic E-state index is 0.181. The fourth-order valence-corrected chi connectivity index (χ4v) is 2.20. The minimum Gasteiger partial charge on any atom is -0.383 e. The molecular formula is C16H18FN3O. The van der Waals surface area contributed by atoms with E-state index in [-0.39, 0.29) is 17.9 Å². The van der Waals surface area contributed by atoms with Crippen LogP contribution in [-0.4, -0.2) is 16.3 Å². The second-order valence-corrected chi connectivity index (χ2v) is 5.64. The maximum atomic E-state index is 13.3. The number of nitrogens with one attached hydrogen (secondary N) is 1. The SMILES string of the molecule is Cc1ccc(F)cc1Cn1ncc(NCC2CC2)cc1=O. The highest BCUT2D eigenvalue weighted by Crippen LogP contribution is 2.28. The molecule has 3 rings (SSSR count). The van der Waals surface area contributed by atoms with Crippen molar-refractivity contribution in [2.75, 3.05) is 11.9 Å². The van der Waals surface area contributed by atoms with Crippen LogP contribution >= 0.6 is 0 Å². The third-order valence-corrected chi connectivity index (χ3v) is 3.79. The molecule has 1 aliphatic rings. The first-order valence-electron chi connectivity index (χ1n) is 7.18. The summed E-state index contributed by atoms with van der Waals surface area (Å²) in [5.41, 5.74) is 2.28. The van der Waals surface area contributed by atoms with Gasteiger partial charge in [-0.25, -0.2) is 9.07 Å². The van der Waals surface area contributed by atoms with E-state index in [0.717, 1.165) is 29.3 Å². The second kappa shape index (κ2) is 5.68. The molecule has 4 nitrogen and oxygen atoms in total. The Morgan fingerprint density at radius 3 is 2.90 bits per heavy atom. The third kappa shape index (κ3) is 3.48. The number of hydrogen-bond donors (Lipinski definition) is 1. The van der Waals surface area contributed by atoms with Gasteiger partial charge in [0.15, 0.2) is 0 Å². The van der Waals surface area contributed by atoms with E-state index in [4.69, 9.17) is 0 Å². The standard InChI is InChI=1S/C16H18FN3O/c1-11-2-5-14(17)6-13(11)10-20-16(21)7-15(9-19-20)18-8-12-3-4-12/h2,5-7,9,12,18H,3-4,8,10H2,1H3. The highest BCUT2D eigenvalue weighted by Gasteiger charge is 2.20. The topological polar surface area (TPSA) is 46.9 Å². The molecule has 0 amide bonds. The van der Waals surface area contributed by atoms with Gasteiger partial charge in [-0.3, -0.25) is 4.79 Å². The number of halogens is 1. The van der Waals surface area contributed by atoms with Gasteiger partial charge in [0, 0.05) is 12.6 Å². The number of benzene rings is 1. The summed E-state index contributed by atoms with van der Waals surface area (Å²) in [6.07, 6.45) is 4.17. The number of nitrogens with zero attached hydrogens (tertiary/aromatic N) is 2. The molecule has 0 aliphatic heterocycles. The highest BCUT2D eigenvalue weighted by atomic mass is 19.1. The van der Waals surface area contributed by atoms with Crippen LogP contribution in [0, 0.1) is 18.7 Å². The highest BCUT2D eigenvalue weighted by molar-refractivity contribution is 5.39. The van der Waals surface area contributed by atoms with Gasteiger partial charge in [-0.2, -0.15) is 5.10 Å². The molecule has 1 aromatic heterocycles. The van der Waals surface area contributed by atoms with Gasteiger partial charge in [0.25, 0.3) is 5.56 Å². The van der Waals surface area contributed by atoms with E-state index in [1.54, 1.807) is 18.3 Å². The van der Waals surface area contributed by atoms with Crippen LogP contribution in [0.1, 0.15) is 24.0 Å². The van der Waals surface area contributed by atoms with Crippen LogP contribution in [0.5, 0.6) is 0 Å². The molecule has 1 heterocycles. The molecule has 0 unspecified atom stereocenters. The van der Waals surface area contributed by atoms with Crippen LogP contribution < -0.4 is 10.9 Å². The maximum absolute atomic E-state index is 13.3. The second-order valence-electron chi connectivity index (χ2n) is 5.64. The minimum atomic E-state index is -0.300. The van der Waals surface area contributed by atoms with Crippen molar-refractivity contribution in [3.63, 3.8) is 0 Å². The molecule has 0 radical (unpaired) electrons. The fraction of sp³-hybridized carbons (Fsp3) is 0.375. The van der Waals surface area contributed by atoms with Crippen LogP contribution in [0.4, 0.5) is 10.1 Å². The number of aryl methyl sites for hydroxylation is 1. The number of rotatable bonds is 5.